The lowest BCUT2D eigenvalue weighted by molar-refractivity contribution is -0.136. The number of aliphatic hydroxyl groups excluding tert-OH is 1. The molecule has 0 aromatic heterocycles. The van der Waals surface area contributed by atoms with E-state index in [9.17, 15) is 14.4 Å². The molecular formula is C18H23N3O6. The molecule has 0 aliphatic carbocycles. The van der Waals surface area contributed by atoms with E-state index < -0.39 is 11.9 Å². The lowest BCUT2D eigenvalue weighted by Crippen LogP contribution is -2.31. The Bertz CT molecular complexity index is 774. The Kier molecular flexibility index (Phi) is 6.78. The number of hydrogen-bond donors (Lipinski definition) is 3. The van der Waals surface area contributed by atoms with Crippen molar-refractivity contribution in [2.75, 3.05) is 44.5 Å². The summed E-state index contributed by atoms with van der Waals surface area (Å²) in [7, 11) is 2.70. The molecule has 0 spiro atoms. The van der Waals surface area contributed by atoms with Gasteiger partial charge in [-0.15, -0.1) is 0 Å². The third kappa shape index (κ3) is 4.56. The molecule has 0 saturated carbocycles. The number of β-amino-alcohol motifs (C(OH)–C–C–N with tert-alkyl or cyclic N) is 1. The molecule has 1 aliphatic rings. The van der Waals surface area contributed by atoms with Crippen molar-refractivity contribution in [2.45, 2.75) is 13.3 Å². The number of anilines is 2. The highest BCUT2D eigenvalue weighted by atomic mass is 16.5. The van der Waals surface area contributed by atoms with Gasteiger partial charge in [-0.1, -0.05) is 6.92 Å². The molecule has 1 aromatic rings. The second kappa shape index (κ2) is 9.04. The summed E-state index contributed by atoms with van der Waals surface area (Å²) in [6, 6.07) is 4.91. The van der Waals surface area contributed by atoms with Crippen LogP contribution in [0.2, 0.25) is 0 Å². The van der Waals surface area contributed by atoms with Gasteiger partial charge in [0, 0.05) is 18.7 Å². The van der Waals surface area contributed by atoms with E-state index in [0.717, 1.165) is 0 Å². The Morgan fingerprint density at radius 1 is 1.30 bits per heavy atom. The van der Waals surface area contributed by atoms with Crippen LogP contribution in [0.5, 0.6) is 5.75 Å². The molecule has 0 unspecified atom stereocenters. The Morgan fingerprint density at radius 3 is 2.63 bits per heavy atom. The quantitative estimate of drug-likeness (QED) is 0.571. The van der Waals surface area contributed by atoms with Crippen molar-refractivity contribution < 1.29 is 29.0 Å². The van der Waals surface area contributed by atoms with Gasteiger partial charge in [0.05, 0.1) is 38.6 Å². The summed E-state index contributed by atoms with van der Waals surface area (Å²) in [6.07, 6.45) is 0.320. The van der Waals surface area contributed by atoms with E-state index in [-0.39, 0.29) is 36.9 Å². The van der Waals surface area contributed by atoms with Crippen LogP contribution < -0.4 is 15.4 Å². The van der Waals surface area contributed by atoms with Gasteiger partial charge in [0.2, 0.25) is 5.91 Å². The molecule has 146 valence electrons. The lowest BCUT2D eigenvalue weighted by atomic mass is 10.2. The summed E-state index contributed by atoms with van der Waals surface area (Å²) in [5.41, 5.74) is 1.12. The minimum absolute atomic E-state index is 0.0307. The number of methoxy groups -OCH3 is 2. The van der Waals surface area contributed by atoms with Gasteiger partial charge in [-0.05, 0) is 18.2 Å². The van der Waals surface area contributed by atoms with Gasteiger partial charge in [0.15, 0.2) is 0 Å². The van der Waals surface area contributed by atoms with Gasteiger partial charge < -0.3 is 30.1 Å². The van der Waals surface area contributed by atoms with Gasteiger partial charge in [0.1, 0.15) is 11.4 Å². The average molecular weight is 377 g/mol. The lowest BCUT2D eigenvalue weighted by Gasteiger charge is -2.16. The van der Waals surface area contributed by atoms with E-state index in [1.165, 1.54) is 19.1 Å². The number of ether oxygens (including phenoxy) is 2. The molecule has 0 saturated heterocycles. The summed E-state index contributed by atoms with van der Waals surface area (Å²) >= 11 is 0. The first-order valence-electron chi connectivity index (χ1n) is 8.41. The number of hydrogen-bond acceptors (Lipinski definition) is 7. The van der Waals surface area contributed by atoms with Crippen LogP contribution in [-0.4, -0.2) is 61.7 Å². The molecule has 0 bridgehead atoms. The van der Waals surface area contributed by atoms with E-state index in [2.05, 4.69) is 10.6 Å². The summed E-state index contributed by atoms with van der Waals surface area (Å²) in [5, 5.41) is 14.8. The highest BCUT2D eigenvalue weighted by molar-refractivity contribution is 6.08. The first-order chi connectivity index (χ1) is 12.9. The summed E-state index contributed by atoms with van der Waals surface area (Å²) in [4.78, 5) is 37.6. The molecule has 0 radical (unpaired) electrons. The highest BCUT2D eigenvalue weighted by Crippen LogP contribution is 2.31. The van der Waals surface area contributed by atoms with Crippen LogP contribution in [0.25, 0.3) is 0 Å². The minimum atomic E-state index is -0.638. The minimum Gasteiger partial charge on any atom is -0.495 e. The van der Waals surface area contributed by atoms with Crippen molar-refractivity contribution in [1.82, 2.24) is 4.90 Å². The highest BCUT2D eigenvalue weighted by Gasteiger charge is 2.34. The van der Waals surface area contributed by atoms with Crippen molar-refractivity contribution in [3.63, 3.8) is 0 Å². The van der Waals surface area contributed by atoms with Crippen LogP contribution in [0.15, 0.2) is 29.5 Å². The molecule has 2 amide bonds. The third-order valence-corrected chi connectivity index (χ3v) is 4.02. The van der Waals surface area contributed by atoms with Gasteiger partial charge in [-0.2, -0.15) is 0 Å². The number of carbonyl (C=O) groups excluding carboxylic acids is 3. The molecule has 1 aromatic carbocycles. The summed E-state index contributed by atoms with van der Waals surface area (Å²) in [5.74, 6) is -0.809. The molecule has 0 atom stereocenters. The van der Waals surface area contributed by atoms with E-state index in [0.29, 0.717) is 23.5 Å². The van der Waals surface area contributed by atoms with E-state index in [1.54, 1.807) is 25.1 Å². The zero-order valence-corrected chi connectivity index (χ0v) is 15.5. The van der Waals surface area contributed by atoms with Crippen LogP contribution in [0.4, 0.5) is 11.4 Å². The number of rotatable bonds is 8. The van der Waals surface area contributed by atoms with E-state index in [4.69, 9.17) is 14.6 Å². The van der Waals surface area contributed by atoms with Crippen LogP contribution in [0.1, 0.15) is 13.3 Å². The first kappa shape index (κ1) is 20.2. The number of esters is 1. The van der Waals surface area contributed by atoms with Crippen LogP contribution in [0, 0.1) is 0 Å². The van der Waals surface area contributed by atoms with Crippen LogP contribution in [-0.2, 0) is 19.1 Å². The van der Waals surface area contributed by atoms with Crippen LogP contribution >= 0.6 is 0 Å². The number of amides is 2. The number of nitrogens with one attached hydrogen (secondary N) is 2. The fraction of sp³-hybridized carbons (Fsp3) is 0.389. The Labute approximate surface area is 156 Å². The second-order valence-electron chi connectivity index (χ2n) is 5.74. The SMILES string of the molecule is CCC(=O)Nc1ccc(OC)c(NC2=C(C(=O)OC)CN(CCO)C2=O)c1. The third-order valence-electron chi connectivity index (χ3n) is 4.02. The van der Waals surface area contributed by atoms with Crippen molar-refractivity contribution in [2.24, 2.45) is 0 Å². The maximum atomic E-state index is 12.6. The fourth-order valence-electron chi connectivity index (χ4n) is 2.62. The van der Waals surface area contributed by atoms with E-state index in [1.807, 2.05) is 0 Å². The van der Waals surface area contributed by atoms with Crippen molar-refractivity contribution in [3.8, 4) is 5.75 Å². The zero-order chi connectivity index (χ0) is 20.0. The number of nitrogens with zero attached hydrogens (tertiary/aromatic N) is 1. The Balaban J connectivity index is 2.38. The predicted octanol–water partition coefficient (Wildman–Crippen LogP) is 0.717. The number of aliphatic hydroxyl groups is 1. The van der Waals surface area contributed by atoms with Crippen LogP contribution in [0.3, 0.4) is 0 Å². The van der Waals surface area contributed by atoms with Crippen molar-refractivity contribution in [1.29, 1.82) is 0 Å². The number of benzene rings is 1. The zero-order valence-electron chi connectivity index (χ0n) is 15.5. The smallest absolute Gasteiger partial charge is 0.337 e. The van der Waals surface area contributed by atoms with Gasteiger partial charge >= 0.3 is 5.97 Å². The molecular weight excluding hydrogens is 354 g/mol. The normalized spacial score (nSPS) is 13.6. The average Bonchev–Trinajstić information content (AvgIpc) is 2.97. The molecule has 9 nitrogen and oxygen atoms in total. The fourth-order valence-corrected chi connectivity index (χ4v) is 2.62. The van der Waals surface area contributed by atoms with Gasteiger partial charge in [-0.25, -0.2) is 4.79 Å². The molecule has 3 N–H and O–H groups in total. The summed E-state index contributed by atoms with van der Waals surface area (Å²) < 4.78 is 10.1. The predicted molar refractivity (Wildman–Crippen MR) is 98.2 cm³/mol. The largest absolute Gasteiger partial charge is 0.495 e. The second-order valence-corrected chi connectivity index (χ2v) is 5.74. The Morgan fingerprint density at radius 2 is 2.04 bits per heavy atom. The van der Waals surface area contributed by atoms with Gasteiger partial charge in [0.25, 0.3) is 5.91 Å². The van der Waals surface area contributed by atoms with Crippen molar-refractivity contribution >= 4 is 29.2 Å². The number of carbonyl (C=O) groups is 3. The Hall–Kier alpha value is -3.07. The van der Waals surface area contributed by atoms with Crippen molar-refractivity contribution in [3.05, 3.63) is 29.5 Å². The molecule has 1 heterocycles. The summed E-state index contributed by atoms with van der Waals surface area (Å²) in [6.45, 7) is 1.63. The monoisotopic (exact) mass is 377 g/mol. The molecule has 1 aliphatic heterocycles. The molecule has 27 heavy (non-hydrogen) atoms. The molecule has 9 heteroatoms. The van der Waals surface area contributed by atoms with Gasteiger partial charge in [-0.3, -0.25) is 9.59 Å². The maximum Gasteiger partial charge on any atom is 0.337 e. The molecule has 0 fully saturated rings. The van der Waals surface area contributed by atoms with E-state index >= 15 is 0 Å². The molecule has 2 rings (SSSR count). The maximum absolute atomic E-state index is 12.6. The topological polar surface area (TPSA) is 117 Å². The first-order valence-corrected chi connectivity index (χ1v) is 8.41. The standard InChI is InChI=1S/C18H23N3O6/c1-4-15(23)19-11-5-6-14(26-2)13(9-11)20-16-12(18(25)27-3)10-21(7-8-22)17(16)24/h5-6,9,20,22H,4,7-8,10H2,1-3H3,(H,19,23).